The molecule has 0 N–H and O–H groups in total. The van der Waals surface area contributed by atoms with Crippen molar-refractivity contribution in [2.45, 2.75) is 13.5 Å². The van der Waals surface area contributed by atoms with Crippen molar-refractivity contribution in [3.8, 4) is 0 Å². The number of hydrogen-bond donors (Lipinski definition) is 0. The third-order valence-corrected chi connectivity index (χ3v) is 3.77. The lowest BCUT2D eigenvalue weighted by atomic mass is 10.2. The summed E-state index contributed by atoms with van der Waals surface area (Å²) in [7, 11) is 0. The van der Waals surface area contributed by atoms with E-state index < -0.39 is 11.6 Å². The molecular formula is C12H9F2IN2O. The Morgan fingerprint density at radius 2 is 2.11 bits per heavy atom. The molecular weight excluding hydrogens is 353 g/mol. The molecule has 2 rings (SSSR count). The van der Waals surface area contributed by atoms with Crippen LogP contribution >= 0.6 is 22.6 Å². The van der Waals surface area contributed by atoms with E-state index in [4.69, 9.17) is 0 Å². The third-order valence-electron chi connectivity index (χ3n) is 2.53. The molecule has 0 aliphatic rings. The topological polar surface area (TPSA) is 34.9 Å². The Bertz CT molecular complexity index is 655. The van der Waals surface area contributed by atoms with Crippen LogP contribution < -0.4 is 5.56 Å². The molecule has 18 heavy (non-hydrogen) atoms. The van der Waals surface area contributed by atoms with Crippen molar-refractivity contribution in [1.29, 1.82) is 0 Å². The van der Waals surface area contributed by atoms with Gasteiger partial charge in [0, 0.05) is 5.56 Å². The molecule has 0 saturated carbocycles. The van der Waals surface area contributed by atoms with Crippen LogP contribution in [-0.2, 0) is 6.54 Å². The van der Waals surface area contributed by atoms with Gasteiger partial charge in [0.15, 0.2) is 11.6 Å². The van der Waals surface area contributed by atoms with E-state index in [1.165, 1.54) is 23.0 Å². The monoisotopic (exact) mass is 362 g/mol. The van der Waals surface area contributed by atoms with E-state index in [0.717, 1.165) is 6.07 Å². The lowest BCUT2D eigenvalue weighted by Gasteiger charge is -2.08. The second kappa shape index (κ2) is 5.13. The van der Waals surface area contributed by atoms with Crippen LogP contribution in [-0.4, -0.2) is 9.55 Å². The number of hydrogen-bond acceptors (Lipinski definition) is 2. The van der Waals surface area contributed by atoms with Gasteiger partial charge < -0.3 is 0 Å². The Balaban J connectivity index is 2.44. The summed E-state index contributed by atoms with van der Waals surface area (Å²) in [4.78, 5) is 15.9. The quantitative estimate of drug-likeness (QED) is 0.770. The molecule has 0 fully saturated rings. The lowest BCUT2D eigenvalue weighted by molar-refractivity contribution is 0.494. The zero-order valence-electron chi connectivity index (χ0n) is 9.45. The minimum atomic E-state index is -0.931. The van der Waals surface area contributed by atoms with Gasteiger partial charge in [-0.3, -0.25) is 9.36 Å². The zero-order chi connectivity index (χ0) is 13.3. The molecule has 0 unspecified atom stereocenters. The molecule has 94 valence electrons. The van der Waals surface area contributed by atoms with Crippen LogP contribution in [0.5, 0.6) is 0 Å². The number of aromatic nitrogens is 2. The fourth-order valence-electron chi connectivity index (χ4n) is 1.51. The zero-order valence-corrected chi connectivity index (χ0v) is 11.6. The van der Waals surface area contributed by atoms with Crippen LogP contribution in [0, 0.1) is 22.1 Å². The number of aryl methyl sites for hydroxylation is 1. The van der Waals surface area contributed by atoms with Crippen LogP contribution in [0.25, 0.3) is 0 Å². The van der Waals surface area contributed by atoms with Gasteiger partial charge >= 0.3 is 0 Å². The van der Waals surface area contributed by atoms with Crippen LogP contribution in [0.2, 0.25) is 0 Å². The van der Waals surface area contributed by atoms with Crippen molar-refractivity contribution in [3.05, 3.63) is 61.3 Å². The molecule has 0 aliphatic heterocycles. The van der Waals surface area contributed by atoms with E-state index >= 15 is 0 Å². The maximum atomic E-state index is 13.5. The maximum Gasteiger partial charge on any atom is 0.267 e. The smallest absolute Gasteiger partial charge is 0.267 e. The summed E-state index contributed by atoms with van der Waals surface area (Å²) in [6, 6.07) is 3.89. The van der Waals surface area contributed by atoms with Gasteiger partial charge in [-0.05, 0) is 35.6 Å². The molecule has 0 radical (unpaired) electrons. The molecule has 0 spiro atoms. The van der Waals surface area contributed by atoms with Gasteiger partial charge in [-0.1, -0.05) is 12.1 Å². The molecule has 3 nitrogen and oxygen atoms in total. The first kappa shape index (κ1) is 13.1. The van der Waals surface area contributed by atoms with E-state index in [9.17, 15) is 13.6 Å². The van der Waals surface area contributed by atoms with Crippen molar-refractivity contribution in [2.24, 2.45) is 0 Å². The number of rotatable bonds is 2. The minimum absolute atomic E-state index is 0.0360. The van der Waals surface area contributed by atoms with Gasteiger partial charge in [0.1, 0.15) is 0 Å². The third kappa shape index (κ3) is 2.43. The van der Waals surface area contributed by atoms with Gasteiger partial charge in [-0.15, -0.1) is 0 Å². The Labute approximate surface area is 116 Å². The van der Waals surface area contributed by atoms with Crippen LogP contribution in [0.15, 0.2) is 29.3 Å². The summed E-state index contributed by atoms with van der Waals surface area (Å²) in [6.07, 6.45) is 1.34. The molecule has 1 aromatic heterocycles. The molecule has 0 amide bonds. The maximum absolute atomic E-state index is 13.5. The molecule has 0 saturated heterocycles. The molecule has 2 aromatic rings. The Morgan fingerprint density at radius 1 is 1.39 bits per heavy atom. The number of halogens is 3. The van der Waals surface area contributed by atoms with E-state index in [-0.39, 0.29) is 17.7 Å². The van der Waals surface area contributed by atoms with Crippen molar-refractivity contribution in [2.75, 3.05) is 0 Å². The first-order valence-corrected chi connectivity index (χ1v) is 6.23. The highest BCUT2D eigenvalue weighted by Crippen LogP contribution is 2.12. The van der Waals surface area contributed by atoms with E-state index in [1.807, 2.05) is 22.6 Å². The van der Waals surface area contributed by atoms with Crippen LogP contribution in [0.1, 0.15) is 11.3 Å². The predicted molar refractivity (Wildman–Crippen MR) is 71.4 cm³/mol. The van der Waals surface area contributed by atoms with Gasteiger partial charge in [0.2, 0.25) is 0 Å². The second-order valence-corrected chi connectivity index (χ2v) is 4.87. The van der Waals surface area contributed by atoms with Crippen molar-refractivity contribution in [3.63, 3.8) is 0 Å². The van der Waals surface area contributed by atoms with Crippen LogP contribution in [0.4, 0.5) is 8.78 Å². The minimum Gasteiger partial charge on any atom is -0.294 e. The number of benzene rings is 1. The molecule has 1 heterocycles. The first-order chi connectivity index (χ1) is 8.50. The Kier molecular flexibility index (Phi) is 3.74. The average molecular weight is 362 g/mol. The predicted octanol–water partition coefficient (Wildman–Crippen LogP) is 2.48. The summed E-state index contributed by atoms with van der Waals surface area (Å²) in [5.74, 6) is -1.85. The fourth-order valence-corrected chi connectivity index (χ4v) is 1.96. The van der Waals surface area contributed by atoms with Crippen molar-refractivity contribution in [1.82, 2.24) is 9.55 Å². The summed E-state index contributed by atoms with van der Waals surface area (Å²) in [5, 5.41) is 0. The van der Waals surface area contributed by atoms with Gasteiger partial charge in [0.25, 0.3) is 5.56 Å². The second-order valence-electron chi connectivity index (χ2n) is 3.79. The highest BCUT2D eigenvalue weighted by molar-refractivity contribution is 14.1. The Morgan fingerprint density at radius 3 is 2.83 bits per heavy atom. The summed E-state index contributed by atoms with van der Waals surface area (Å²) in [5.41, 5.74) is 0.488. The molecule has 0 bridgehead atoms. The molecule has 0 aliphatic carbocycles. The number of nitrogens with zero attached hydrogens (tertiary/aromatic N) is 2. The van der Waals surface area contributed by atoms with E-state index in [0.29, 0.717) is 9.26 Å². The van der Waals surface area contributed by atoms with Crippen molar-refractivity contribution < 1.29 is 8.78 Å². The van der Waals surface area contributed by atoms with E-state index in [2.05, 4.69) is 4.98 Å². The lowest BCUT2D eigenvalue weighted by Crippen LogP contribution is -2.25. The molecule has 0 atom stereocenters. The summed E-state index contributed by atoms with van der Waals surface area (Å²) < 4.78 is 28.3. The van der Waals surface area contributed by atoms with Crippen molar-refractivity contribution >= 4 is 22.6 Å². The molecule has 1 aromatic carbocycles. The average Bonchev–Trinajstić information content (AvgIpc) is 2.35. The van der Waals surface area contributed by atoms with E-state index in [1.54, 1.807) is 6.92 Å². The Hall–Kier alpha value is -1.31. The van der Waals surface area contributed by atoms with Gasteiger partial charge in [0.05, 0.1) is 22.1 Å². The first-order valence-electron chi connectivity index (χ1n) is 5.15. The summed E-state index contributed by atoms with van der Waals surface area (Å²) >= 11 is 1.89. The summed E-state index contributed by atoms with van der Waals surface area (Å²) in [6.45, 7) is 1.68. The van der Waals surface area contributed by atoms with Gasteiger partial charge in [-0.25, -0.2) is 13.8 Å². The highest BCUT2D eigenvalue weighted by Gasteiger charge is 2.10. The fraction of sp³-hybridized carbons (Fsp3) is 0.167. The SMILES string of the molecule is Cc1ncn(Cc2cccc(F)c2F)c(=O)c1I. The molecule has 6 heteroatoms. The van der Waals surface area contributed by atoms with Crippen LogP contribution in [0.3, 0.4) is 0 Å². The van der Waals surface area contributed by atoms with Gasteiger partial charge in [-0.2, -0.15) is 0 Å². The normalized spacial score (nSPS) is 10.7. The standard InChI is InChI=1S/C12H9F2IN2O/c1-7-11(15)12(18)17(6-16-7)5-8-3-2-4-9(13)10(8)14/h2-4,6H,5H2,1H3. The largest absolute Gasteiger partial charge is 0.294 e. The highest BCUT2D eigenvalue weighted by atomic mass is 127.